The molecule has 0 atom stereocenters. The molecule has 162 valence electrons. The molecule has 0 radical (unpaired) electrons. The molecule has 3 amide bonds. The summed E-state index contributed by atoms with van der Waals surface area (Å²) in [5.41, 5.74) is 1.06. The average Bonchev–Trinajstić information content (AvgIpc) is 3.01. The number of amides is 3. The van der Waals surface area contributed by atoms with E-state index < -0.39 is 22.8 Å². The van der Waals surface area contributed by atoms with Gasteiger partial charge in [0.1, 0.15) is 5.75 Å². The zero-order valence-electron chi connectivity index (χ0n) is 16.3. The smallest absolute Gasteiger partial charge is 0.293 e. The number of hydrogen-bond acceptors (Lipinski definition) is 6. The van der Waals surface area contributed by atoms with Gasteiger partial charge < -0.3 is 10.1 Å². The Bertz CT molecular complexity index is 995. The fourth-order valence-electron chi connectivity index (χ4n) is 2.72. The molecule has 1 aliphatic heterocycles. The minimum Gasteiger partial charge on any atom is -0.497 e. The maximum absolute atomic E-state index is 12.5. The van der Waals surface area contributed by atoms with Gasteiger partial charge in [0.05, 0.1) is 12.0 Å². The van der Waals surface area contributed by atoms with Gasteiger partial charge in [-0.25, -0.2) is 0 Å². The molecule has 0 bridgehead atoms. The van der Waals surface area contributed by atoms with E-state index in [-0.39, 0.29) is 13.1 Å². The lowest BCUT2D eigenvalue weighted by molar-refractivity contribution is -0.122. The first-order chi connectivity index (χ1) is 14.9. The molecule has 1 heterocycles. The summed E-state index contributed by atoms with van der Waals surface area (Å²) in [6.45, 7) is 0.0932. The summed E-state index contributed by atoms with van der Waals surface area (Å²) < 4.78 is 29.8. The number of carbonyl (C=O) groups is 3. The number of benzene rings is 2. The number of ether oxygens (including phenoxy) is 1. The van der Waals surface area contributed by atoms with Gasteiger partial charge in [0, 0.05) is 23.5 Å². The Hall–Kier alpha value is -2.85. The lowest BCUT2D eigenvalue weighted by Gasteiger charge is -2.13. The van der Waals surface area contributed by atoms with Crippen molar-refractivity contribution in [1.29, 1.82) is 0 Å². The molecule has 2 aromatic carbocycles. The second kappa shape index (κ2) is 10.5. The van der Waals surface area contributed by atoms with Crippen LogP contribution in [0.15, 0.2) is 58.3 Å². The van der Waals surface area contributed by atoms with E-state index in [0.717, 1.165) is 22.2 Å². The van der Waals surface area contributed by atoms with E-state index in [9.17, 15) is 23.2 Å². The number of thioether (sulfide) groups is 2. The number of halogens is 2. The van der Waals surface area contributed by atoms with Crippen molar-refractivity contribution < 1.29 is 27.9 Å². The fraction of sp³-hybridized carbons (Fsp3) is 0.190. The van der Waals surface area contributed by atoms with Crippen LogP contribution < -0.4 is 10.1 Å². The van der Waals surface area contributed by atoms with Crippen molar-refractivity contribution in [3.63, 3.8) is 0 Å². The van der Waals surface area contributed by atoms with E-state index in [2.05, 4.69) is 5.32 Å². The van der Waals surface area contributed by atoms with Crippen LogP contribution in [-0.4, -0.2) is 47.9 Å². The molecule has 0 unspecified atom stereocenters. The third-order valence-electron chi connectivity index (χ3n) is 4.25. The molecule has 6 nitrogen and oxygen atoms in total. The normalized spacial score (nSPS) is 15.1. The first kappa shape index (κ1) is 22.8. The number of alkyl halides is 2. The summed E-state index contributed by atoms with van der Waals surface area (Å²) in [4.78, 5) is 38.6. The SMILES string of the molecule is COc1ccc(/C=C2\SC(=O)N(CCNC(=O)c3ccc(SC(F)F)cc3)C2=O)cc1. The molecule has 1 fully saturated rings. The maximum Gasteiger partial charge on any atom is 0.293 e. The van der Waals surface area contributed by atoms with Gasteiger partial charge in [0.2, 0.25) is 0 Å². The van der Waals surface area contributed by atoms with Crippen LogP contribution in [-0.2, 0) is 4.79 Å². The van der Waals surface area contributed by atoms with Crippen LogP contribution in [0.3, 0.4) is 0 Å². The van der Waals surface area contributed by atoms with Crippen LogP contribution in [0.25, 0.3) is 6.08 Å². The van der Waals surface area contributed by atoms with Gasteiger partial charge in [0.25, 0.3) is 22.8 Å². The fourth-order valence-corrected chi connectivity index (χ4v) is 4.08. The van der Waals surface area contributed by atoms with Gasteiger partial charge in [0.15, 0.2) is 0 Å². The van der Waals surface area contributed by atoms with Crippen molar-refractivity contribution in [3.05, 3.63) is 64.6 Å². The summed E-state index contributed by atoms with van der Waals surface area (Å²) in [6, 6.07) is 12.8. The van der Waals surface area contributed by atoms with Crippen molar-refractivity contribution in [3.8, 4) is 5.75 Å². The van der Waals surface area contributed by atoms with Gasteiger partial charge in [-0.3, -0.25) is 19.3 Å². The van der Waals surface area contributed by atoms with Crippen LogP contribution in [0.4, 0.5) is 13.6 Å². The molecule has 0 aromatic heterocycles. The largest absolute Gasteiger partial charge is 0.497 e. The monoisotopic (exact) mass is 464 g/mol. The van der Waals surface area contributed by atoms with E-state index in [1.165, 1.54) is 24.3 Å². The Morgan fingerprint density at radius 3 is 2.45 bits per heavy atom. The molecule has 2 aromatic rings. The zero-order chi connectivity index (χ0) is 22.4. The van der Waals surface area contributed by atoms with E-state index in [4.69, 9.17) is 4.74 Å². The predicted octanol–water partition coefficient (Wildman–Crippen LogP) is 4.48. The van der Waals surface area contributed by atoms with E-state index >= 15 is 0 Å². The highest BCUT2D eigenvalue weighted by Crippen LogP contribution is 2.32. The number of imide groups is 1. The number of nitrogens with one attached hydrogen (secondary N) is 1. The van der Waals surface area contributed by atoms with E-state index in [1.54, 1.807) is 37.5 Å². The molecule has 10 heteroatoms. The molecule has 31 heavy (non-hydrogen) atoms. The Kier molecular flexibility index (Phi) is 7.69. The first-order valence-electron chi connectivity index (χ1n) is 9.10. The van der Waals surface area contributed by atoms with Crippen LogP contribution in [0.5, 0.6) is 5.75 Å². The minimum atomic E-state index is -2.53. The lowest BCUT2D eigenvalue weighted by Crippen LogP contribution is -2.37. The topological polar surface area (TPSA) is 75.7 Å². The molecular formula is C21H18F2N2O4S2. The summed E-state index contributed by atoms with van der Waals surface area (Å²) in [5, 5.41) is 2.21. The molecule has 0 spiro atoms. The summed E-state index contributed by atoms with van der Waals surface area (Å²) in [5.74, 6) is -2.69. The molecule has 1 saturated heterocycles. The van der Waals surface area contributed by atoms with Crippen molar-refractivity contribution in [2.45, 2.75) is 10.7 Å². The second-order valence-corrected chi connectivity index (χ2v) is 8.32. The van der Waals surface area contributed by atoms with Gasteiger partial charge >= 0.3 is 0 Å². The standard InChI is InChI=1S/C21H18F2N2O4S2/c1-29-15-6-2-13(3-7-15)12-17-19(27)25(21(28)31-17)11-10-24-18(26)14-4-8-16(9-5-14)30-20(22)23/h2-9,12,20H,10-11H2,1H3,(H,24,26)/b17-12-. The molecule has 3 rings (SSSR count). The molecule has 0 aliphatic carbocycles. The number of nitrogens with zero attached hydrogens (tertiary/aromatic N) is 1. The van der Waals surface area contributed by atoms with E-state index in [1.807, 2.05) is 0 Å². The zero-order valence-corrected chi connectivity index (χ0v) is 18.0. The third kappa shape index (κ3) is 6.08. The van der Waals surface area contributed by atoms with Crippen LogP contribution in [0, 0.1) is 0 Å². The van der Waals surface area contributed by atoms with Crippen molar-refractivity contribution in [2.75, 3.05) is 20.2 Å². The molecule has 0 saturated carbocycles. The highest BCUT2D eigenvalue weighted by Gasteiger charge is 2.34. The third-order valence-corrected chi connectivity index (χ3v) is 5.88. The number of rotatable bonds is 8. The Labute approximate surface area is 186 Å². The Morgan fingerprint density at radius 2 is 1.84 bits per heavy atom. The van der Waals surface area contributed by atoms with Crippen molar-refractivity contribution in [1.82, 2.24) is 10.2 Å². The predicted molar refractivity (Wildman–Crippen MR) is 116 cm³/mol. The van der Waals surface area contributed by atoms with Gasteiger partial charge in [-0.15, -0.1) is 0 Å². The number of methoxy groups -OCH3 is 1. The van der Waals surface area contributed by atoms with Gasteiger partial charge in [-0.05, 0) is 59.8 Å². The summed E-state index contributed by atoms with van der Waals surface area (Å²) >= 11 is 1.24. The summed E-state index contributed by atoms with van der Waals surface area (Å²) in [7, 11) is 1.56. The molecule has 1 aliphatic rings. The number of hydrogen-bond donors (Lipinski definition) is 1. The molecular weight excluding hydrogens is 446 g/mol. The quantitative estimate of drug-likeness (QED) is 0.459. The number of carbonyl (C=O) groups excluding carboxylic acids is 3. The van der Waals surface area contributed by atoms with Crippen molar-refractivity contribution in [2.24, 2.45) is 0 Å². The van der Waals surface area contributed by atoms with Crippen LogP contribution in [0.2, 0.25) is 0 Å². The average molecular weight is 465 g/mol. The Morgan fingerprint density at radius 1 is 1.16 bits per heavy atom. The maximum atomic E-state index is 12.5. The molecule has 1 N–H and O–H groups in total. The Balaban J connectivity index is 1.54. The minimum absolute atomic E-state index is 0.0235. The summed E-state index contributed by atoms with van der Waals surface area (Å²) in [6.07, 6.45) is 1.63. The second-order valence-electron chi connectivity index (χ2n) is 6.27. The first-order valence-corrected chi connectivity index (χ1v) is 10.8. The van der Waals surface area contributed by atoms with Gasteiger partial charge in [-0.1, -0.05) is 23.9 Å². The van der Waals surface area contributed by atoms with Crippen molar-refractivity contribution >= 4 is 46.7 Å². The van der Waals surface area contributed by atoms with Crippen LogP contribution in [0.1, 0.15) is 15.9 Å². The van der Waals surface area contributed by atoms with Crippen LogP contribution >= 0.6 is 23.5 Å². The van der Waals surface area contributed by atoms with E-state index in [0.29, 0.717) is 32.9 Å². The van der Waals surface area contributed by atoms with Gasteiger partial charge in [-0.2, -0.15) is 8.78 Å². The highest BCUT2D eigenvalue weighted by atomic mass is 32.2. The lowest BCUT2D eigenvalue weighted by atomic mass is 10.2. The highest BCUT2D eigenvalue weighted by molar-refractivity contribution is 8.18.